The summed E-state index contributed by atoms with van der Waals surface area (Å²) < 4.78 is 5.61. The van der Waals surface area contributed by atoms with Gasteiger partial charge in [0.05, 0.1) is 6.54 Å². The number of hydrogen-bond donors (Lipinski definition) is 2. The van der Waals surface area contributed by atoms with E-state index in [4.69, 9.17) is 4.42 Å². The van der Waals surface area contributed by atoms with Crippen LogP contribution in [0.4, 0.5) is 0 Å². The molecule has 1 atom stereocenters. The highest BCUT2D eigenvalue weighted by atomic mass is 32.2. The molecule has 4 nitrogen and oxygen atoms in total. The van der Waals surface area contributed by atoms with Gasteiger partial charge in [0.15, 0.2) is 5.60 Å². The number of benzene rings is 1. The average molecular weight is 277 g/mol. The Labute approximate surface area is 115 Å². The third kappa shape index (κ3) is 2.48. The van der Waals surface area contributed by atoms with E-state index in [2.05, 4.69) is 5.32 Å². The lowest BCUT2D eigenvalue weighted by atomic mass is 10.0. The number of para-hydroxylation sites is 1. The van der Waals surface area contributed by atoms with E-state index in [1.807, 2.05) is 30.3 Å². The van der Waals surface area contributed by atoms with E-state index < -0.39 is 5.60 Å². The number of carbonyl (C=O) groups is 1. The fraction of sp³-hybridized carbons (Fsp3) is 0.357. The molecule has 19 heavy (non-hydrogen) atoms. The van der Waals surface area contributed by atoms with Gasteiger partial charge in [0.2, 0.25) is 0 Å². The van der Waals surface area contributed by atoms with Crippen molar-refractivity contribution in [1.82, 2.24) is 5.32 Å². The minimum Gasteiger partial charge on any atom is -0.459 e. The van der Waals surface area contributed by atoms with Gasteiger partial charge in [0, 0.05) is 11.1 Å². The van der Waals surface area contributed by atoms with Gasteiger partial charge < -0.3 is 14.8 Å². The van der Waals surface area contributed by atoms with E-state index in [1.54, 1.807) is 11.8 Å². The van der Waals surface area contributed by atoms with Gasteiger partial charge in [-0.25, -0.2) is 0 Å². The van der Waals surface area contributed by atoms with Crippen LogP contribution in [0.2, 0.25) is 0 Å². The number of rotatable bonds is 3. The van der Waals surface area contributed by atoms with Crippen LogP contribution in [-0.2, 0) is 11.3 Å². The van der Waals surface area contributed by atoms with Gasteiger partial charge in [0.25, 0.3) is 5.91 Å². The van der Waals surface area contributed by atoms with Gasteiger partial charge >= 0.3 is 0 Å². The van der Waals surface area contributed by atoms with Crippen molar-refractivity contribution in [3.05, 3.63) is 36.1 Å². The summed E-state index contributed by atoms with van der Waals surface area (Å²) in [4.78, 5) is 11.9. The monoisotopic (exact) mass is 277 g/mol. The van der Waals surface area contributed by atoms with Crippen molar-refractivity contribution in [2.75, 3.05) is 11.5 Å². The Balaban J connectivity index is 1.67. The lowest BCUT2D eigenvalue weighted by Gasteiger charge is -2.19. The smallest absolute Gasteiger partial charge is 0.253 e. The minimum absolute atomic E-state index is 0.306. The van der Waals surface area contributed by atoms with Crippen molar-refractivity contribution >= 4 is 28.6 Å². The molecular weight excluding hydrogens is 262 g/mol. The number of thioether (sulfide) groups is 1. The first-order chi connectivity index (χ1) is 9.17. The van der Waals surface area contributed by atoms with Crippen molar-refractivity contribution in [3.8, 4) is 0 Å². The van der Waals surface area contributed by atoms with Gasteiger partial charge in [-0.3, -0.25) is 4.79 Å². The molecule has 1 saturated heterocycles. The number of nitrogens with one attached hydrogen (secondary N) is 1. The molecule has 0 bridgehead atoms. The minimum atomic E-state index is -1.21. The Kier molecular flexibility index (Phi) is 3.24. The fourth-order valence-electron chi connectivity index (χ4n) is 2.19. The first-order valence-electron chi connectivity index (χ1n) is 6.23. The van der Waals surface area contributed by atoms with E-state index >= 15 is 0 Å². The lowest BCUT2D eigenvalue weighted by molar-refractivity contribution is -0.137. The molecule has 100 valence electrons. The van der Waals surface area contributed by atoms with Crippen molar-refractivity contribution in [3.63, 3.8) is 0 Å². The summed E-state index contributed by atoms with van der Waals surface area (Å²) in [6, 6.07) is 9.61. The Morgan fingerprint density at radius 3 is 3.05 bits per heavy atom. The Morgan fingerprint density at radius 1 is 1.47 bits per heavy atom. The molecule has 1 aliphatic heterocycles. The summed E-state index contributed by atoms with van der Waals surface area (Å²) in [5.41, 5.74) is -0.404. The molecule has 2 N–H and O–H groups in total. The van der Waals surface area contributed by atoms with Crippen molar-refractivity contribution in [1.29, 1.82) is 0 Å². The molecule has 5 heteroatoms. The largest absolute Gasteiger partial charge is 0.459 e. The molecule has 1 fully saturated rings. The highest BCUT2D eigenvalue weighted by Crippen LogP contribution is 2.28. The van der Waals surface area contributed by atoms with Crippen LogP contribution in [0.1, 0.15) is 12.2 Å². The second-order valence-corrected chi connectivity index (χ2v) is 5.87. The van der Waals surface area contributed by atoms with Gasteiger partial charge in [-0.1, -0.05) is 18.2 Å². The van der Waals surface area contributed by atoms with Crippen LogP contribution in [0.3, 0.4) is 0 Å². The van der Waals surface area contributed by atoms with E-state index in [0.29, 0.717) is 24.5 Å². The van der Waals surface area contributed by atoms with E-state index in [-0.39, 0.29) is 5.91 Å². The third-order valence-electron chi connectivity index (χ3n) is 3.32. The molecule has 1 aromatic heterocycles. The molecule has 0 radical (unpaired) electrons. The predicted octanol–water partition coefficient (Wildman–Crippen LogP) is 1.92. The molecule has 1 unspecified atom stereocenters. The molecule has 2 aromatic rings. The van der Waals surface area contributed by atoms with Crippen LogP contribution in [0.25, 0.3) is 11.0 Å². The normalized spacial score (nSPS) is 22.8. The van der Waals surface area contributed by atoms with Crippen LogP contribution < -0.4 is 5.32 Å². The van der Waals surface area contributed by atoms with Crippen molar-refractivity contribution < 1.29 is 14.3 Å². The number of hydrogen-bond acceptors (Lipinski definition) is 4. The molecule has 0 aliphatic carbocycles. The molecule has 1 aromatic carbocycles. The maximum atomic E-state index is 11.9. The van der Waals surface area contributed by atoms with Crippen LogP contribution in [0, 0.1) is 0 Å². The predicted molar refractivity (Wildman–Crippen MR) is 75.0 cm³/mol. The maximum Gasteiger partial charge on any atom is 0.253 e. The van der Waals surface area contributed by atoms with E-state index in [1.165, 1.54) is 0 Å². The highest BCUT2D eigenvalue weighted by Gasteiger charge is 2.39. The first-order valence-corrected chi connectivity index (χ1v) is 7.39. The quantitative estimate of drug-likeness (QED) is 0.899. The van der Waals surface area contributed by atoms with Gasteiger partial charge in [0.1, 0.15) is 11.3 Å². The molecule has 1 aliphatic rings. The summed E-state index contributed by atoms with van der Waals surface area (Å²) in [5, 5.41) is 13.9. The molecule has 3 rings (SSSR count). The third-order valence-corrected chi connectivity index (χ3v) is 4.50. The maximum absolute atomic E-state index is 11.9. The zero-order valence-corrected chi connectivity index (χ0v) is 11.2. The van der Waals surface area contributed by atoms with E-state index in [9.17, 15) is 9.90 Å². The van der Waals surface area contributed by atoms with Crippen LogP contribution in [0.5, 0.6) is 0 Å². The van der Waals surface area contributed by atoms with Crippen LogP contribution >= 0.6 is 11.8 Å². The van der Waals surface area contributed by atoms with Crippen LogP contribution in [-0.4, -0.2) is 28.1 Å². The standard InChI is InChI=1S/C14H15NO3S/c16-13(14(17)5-6-19-9-14)15-8-11-7-10-3-1-2-4-12(10)18-11/h1-4,7,17H,5-6,8-9H2,(H,15,16). The van der Waals surface area contributed by atoms with E-state index in [0.717, 1.165) is 16.7 Å². The highest BCUT2D eigenvalue weighted by molar-refractivity contribution is 7.99. The number of carbonyl (C=O) groups excluding carboxylic acids is 1. The number of furan rings is 1. The van der Waals surface area contributed by atoms with Gasteiger partial charge in [-0.15, -0.1) is 0 Å². The zero-order chi connectivity index (χ0) is 13.3. The molecule has 1 amide bonds. The van der Waals surface area contributed by atoms with Crippen LogP contribution in [0.15, 0.2) is 34.7 Å². The summed E-state index contributed by atoms with van der Waals surface area (Å²) in [6.07, 6.45) is 0.517. The Bertz CT molecular complexity index is 569. The van der Waals surface area contributed by atoms with Gasteiger partial charge in [-0.2, -0.15) is 11.8 Å². The first kappa shape index (κ1) is 12.6. The second kappa shape index (κ2) is 4.90. The van der Waals surface area contributed by atoms with Gasteiger partial charge in [-0.05, 0) is 24.3 Å². The summed E-state index contributed by atoms with van der Waals surface area (Å²) in [7, 11) is 0. The van der Waals surface area contributed by atoms with Crippen molar-refractivity contribution in [2.45, 2.75) is 18.6 Å². The topological polar surface area (TPSA) is 62.5 Å². The Morgan fingerprint density at radius 2 is 2.32 bits per heavy atom. The molecular formula is C14H15NO3S. The summed E-state index contributed by atoms with van der Waals surface area (Å²) in [5.74, 6) is 1.69. The Hall–Kier alpha value is -1.46. The van der Waals surface area contributed by atoms with Crippen molar-refractivity contribution in [2.24, 2.45) is 0 Å². The fourth-order valence-corrected chi connectivity index (χ4v) is 3.43. The zero-order valence-electron chi connectivity index (χ0n) is 10.4. The SMILES string of the molecule is O=C(NCc1cc2ccccc2o1)C1(O)CCSC1. The lowest BCUT2D eigenvalue weighted by Crippen LogP contribution is -2.46. The molecule has 0 spiro atoms. The summed E-state index contributed by atoms with van der Waals surface area (Å²) in [6.45, 7) is 0.306. The summed E-state index contributed by atoms with van der Waals surface area (Å²) >= 11 is 1.60. The average Bonchev–Trinajstić information content (AvgIpc) is 3.02. The molecule has 2 heterocycles. The second-order valence-electron chi connectivity index (χ2n) is 4.77. The number of amides is 1. The molecule has 0 saturated carbocycles. The number of fused-ring (bicyclic) bond motifs is 1. The number of aliphatic hydroxyl groups is 1.